The van der Waals surface area contributed by atoms with Crippen molar-refractivity contribution in [3.63, 3.8) is 0 Å². The standard InChI is InChI=1S/C42H36N4/c1-4-43-37-16-10-7-13-31(37)34-25-28(19-22-40(34)43)46(29-20-23-41-35(26-29)32-14-8-11-17-38(32)44(41)5-2)30-21-24-42-36(27-30)33-15-9-12-18-39(33)45(42)6-3/h7-27H,4-6H2,1-3H3. The van der Waals surface area contributed by atoms with Gasteiger partial charge in [0.25, 0.3) is 0 Å². The van der Waals surface area contributed by atoms with Crippen LogP contribution in [0.15, 0.2) is 127 Å². The van der Waals surface area contributed by atoms with Gasteiger partial charge in [-0.25, -0.2) is 0 Å². The highest BCUT2D eigenvalue weighted by atomic mass is 15.1. The fourth-order valence-corrected chi connectivity index (χ4v) is 8.01. The average Bonchev–Trinajstić information content (AvgIpc) is 3.73. The Morgan fingerprint density at radius 3 is 0.935 bits per heavy atom. The molecule has 3 aromatic heterocycles. The number of aryl methyl sites for hydroxylation is 3. The summed E-state index contributed by atoms with van der Waals surface area (Å²) in [5.74, 6) is 0. The Bertz CT molecular complexity index is 2320. The third-order valence-electron chi connectivity index (χ3n) is 9.99. The summed E-state index contributed by atoms with van der Waals surface area (Å²) in [6, 6.07) is 47.4. The van der Waals surface area contributed by atoms with Gasteiger partial charge >= 0.3 is 0 Å². The first-order valence-corrected chi connectivity index (χ1v) is 16.5. The molecule has 0 aliphatic heterocycles. The molecule has 46 heavy (non-hydrogen) atoms. The second kappa shape index (κ2) is 10.3. The number of para-hydroxylation sites is 3. The Kier molecular flexibility index (Phi) is 6.01. The minimum atomic E-state index is 0.934. The van der Waals surface area contributed by atoms with Crippen molar-refractivity contribution < 1.29 is 0 Å². The molecule has 9 aromatic rings. The maximum Gasteiger partial charge on any atom is 0.0492 e. The summed E-state index contributed by atoms with van der Waals surface area (Å²) < 4.78 is 7.28. The molecule has 0 amide bonds. The van der Waals surface area contributed by atoms with E-state index in [1.54, 1.807) is 0 Å². The van der Waals surface area contributed by atoms with Crippen LogP contribution >= 0.6 is 0 Å². The summed E-state index contributed by atoms with van der Waals surface area (Å²) in [5, 5.41) is 7.74. The van der Waals surface area contributed by atoms with Gasteiger partial charge in [-0.15, -0.1) is 0 Å². The molecule has 0 atom stereocenters. The van der Waals surface area contributed by atoms with Crippen molar-refractivity contribution in [3.8, 4) is 0 Å². The molecule has 3 heterocycles. The van der Waals surface area contributed by atoms with E-state index in [1.165, 1.54) is 65.4 Å². The summed E-state index contributed by atoms with van der Waals surface area (Å²) in [6.45, 7) is 9.50. The van der Waals surface area contributed by atoms with Crippen LogP contribution in [0.3, 0.4) is 0 Å². The third kappa shape index (κ3) is 3.73. The first kappa shape index (κ1) is 26.9. The first-order valence-electron chi connectivity index (χ1n) is 16.5. The van der Waals surface area contributed by atoms with E-state index < -0.39 is 0 Å². The van der Waals surface area contributed by atoms with Gasteiger partial charge in [-0.05, 0) is 93.6 Å². The highest BCUT2D eigenvalue weighted by Crippen LogP contribution is 2.43. The maximum absolute atomic E-state index is 2.45. The molecular formula is C42H36N4. The van der Waals surface area contributed by atoms with Crippen LogP contribution in [0.25, 0.3) is 65.4 Å². The molecule has 0 unspecified atom stereocenters. The van der Waals surface area contributed by atoms with Crippen molar-refractivity contribution in [1.82, 2.24) is 13.7 Å². The molecule has 0 N–H and O–H groups in total. The molecule has 0 saturated heterocycles. The van der Waals surface area contributed by atoms with Crippen molar-refractivity contribution in [2.45, 2.75) is 40.4 Å². The Morgan fingerprint density at radius 2 is 0.630 bits per heavy atom. The number of fused-ring (bicyclic) bond motifs is 9. The zero-order valence-electron chi connectivity index (χ0n) is 26.5. The van der Waals surface area contributed by atoms with Crippen LogP contribution < -0.4 is 4.90 Å². The topological polar surface area (TPSA) is 18.0 Å². The van der Waals surface area contributed by atoms with Crippen LogP contribution in [-0.4, -0.2) is 13.7 Å². The molecule has 0 radical (unpaired) electrons. The Balaban J connectivity index is 1.34. The predicted octanol–water partition coefficient (Wildman–Crippen LogP) is 11.5. The Labute approximate surface area is 268 Å². The lowest BCUT2D eigenvalue weighted by atomic mass is 10.1. The van der Waals surface area contributed by atoms with E-state index >= 15 is 0 Å². The molecule has 6 aromatic carbocycles. The van der Waals surface area contributed by atoms with Gasteiger partial charge in [0, 0.05) is 102 Å². The van der Waals surface area contributed by atoms with Crippen LogP contribution in [0.5, 0.6) is 0 Å². The van der Waals surface area contributed by atoms with E-state index in [-0.39, 0.29) is 0 Å². The van der Waals surface area contributed by atoms with E-state index in [2.05, 4.69) is 167 Å². The van der Waals surface area contributed by atoms with Crippen LogP contribution in [0, 0.1) is 0 Å². The molecule has 4 nitrogen and oxygen atoms in total. The molecule has 0 bridgehead atoms. The summed E-state index contributed by atoms with van der Waals surface area (Å²) in [5.41, 5.74) is 11.1. The number of nitrogens with zero attached hydrogens (tertiary/aromatic N) is 4. The lowest BCUT2D eigenvalue weighted by Crippen LogP contribution is -2.10. The fraction of sp³-hybridized carbons (Fsp3) is 0.143. The van der Waals surface area contributed by atoms with Gasteiger partial charge in [0.15, 0.2) is 0 Å². The quantitative estimate of drug-likeness (QED) is 0.187. The minimum absolute atomic E-state index is 0.934. The number of aromatic nitrogens is 3. The first-order chi connectivity index (χ1) is 22.7. The average molecular weight is 597 g/mol. The largest absolute Gasteiger partial charge is 0.341 e. The predicted molar refractivity (Wildman–Crippen MR) is 197 cm³/mol. The van der Waals surface area contributed by atoms with Crippen LogP contribution in [0.2, 0.25) is 0 Å². The maximum atomic E-state index is 2.45. The normalized spacial score (nSPS) is 12.1. The van der Waals surface area contributed by atoms with Gasteiger partial charge in [0.1, 0.15) is 0 Å². The lowest BCUT2D eigenvalue weighted by Gasteiger charge is -2.26. The minimum Gasteiger partial charge on any atom is -0.341 e. The number of hydrogen-bond donors (Lipinski definition) is 0. The number of benzene rings is 6. The molecule has 0 aliphatic rings. The van der Waals surface area contributed by atoms with E-state index in [0.29, 0.717) is 0 Å². The molecule has 0 saturated carbocycles. The Hall–Kier alpha value is -5.48. The zero-order valence-corrected chi connectivity index (χ0v) is 26.5. The molecule has 9 rings (SSSR count). The third-order valence-corrected chi connectivity index (χ3v) is 9.99. The van der Waals surface area contributed by atoms with Crippen molar-refractivity contribution in [2.75, 3.05) is 4.90 Å². The molecule has 0 aliphatic carbocycles. The monoisotopic (exact) mass is 596 g/mol. The van der Waals surface area contributed by atoms with Crippen LogP contribution in [0.4, 0.5) is 17.1 Å². The van der Waals surface area contributed by atoms with Gasteiger partial charge in [-0.3, -0.25) is 0 Å². The van der Waals surface area contributed by atoms with Gasteiger partial charge in [-0.2, -0.15) is 0 Å². The van der Waals surface area contributed by atoms with Crippen molar-refractivity contribution in [1.29, 1.82) is 0 Å². The highest BCUT2D eigenvalue weighted by molar-refractivity contribution is 6.13. The SMILES string of the molecule is CCn1c2ccccc2c2cc(N(c3ccc4c(c3)c3ccccc3n4CC)c3ccc4c(c3)c3ccccc3n4CC)ccc21. The number of rotatable bonds is 6. The van der Waals surface area contributed by atoms with Crippen molar-refractivity contribution in [3.05, 3.63) is 127 Å². The molecule has 0 fully saturated rings. The second-order valence-electron chi connectivity index (χ2n) is 12.2. The summed E-state index contributed by atoms with van der Waals surface area (Å²) >= 11 is 0. The van der Waals surface area contributed by atoms with Crippen LogP contribution in [0.1, 0.15) is 20.8 Å². The molecule has 0 spiro atoms. The summed E-state index contributed by atoms with van der Waals surface area (Å²) in [4.78, 5) is 2.45. The van der Waals surface area contributed by atoms with Gasteiger partial charge in [0.05, 0.1) is 0 Å². The highest BCUT2D eigenvalue weighted by Gasteiger charge is 2.20. The smallest absolute Gasteiger partial charge is 0.0492 e. The van der Waals surface area contributed by atoms with Crippen LogP contribution in [-0.2, 0) is 19.6 Å². The molecular weight excluding hydrogens is 560 g/mol. The molecule has 224 valence electrons. The van der Waals surface area contributed by atoms with Gasteiger partial charge in [-0.1, -0.05) is 54.6 Å². The summed E-state index contributed by atoms with van der Waals surface area (Å²) in [7, 11) is 0. The fourth-order valence-electron chi connectivity index (χ4n) is 8.01. The number of hydrogen-bond acceptors (Lipinski definition) is 1. The Morgan fingerprint density at radius 1 is 0.348 bits per heavy atom. The van der Waals surface area contributed by atoms with E-state index in [0.717, 1.165) is 36.7 Å². The van der Waals surface area contributed by atoms with Crippen molar-refractivity contribution >= 4 is 82.5 Å². The number of anilines is 3. The molecule has 4 heteroatoms. The van der Waals surface area contributed by atoms with E-state index in [9.17, 15) is 0 Å². The second-order valence-corrected chi connectivity index (χ2v) is 12.2. The summed E-state index contributed by atoms with van der Waals surface area (Å²) in [6.07, 6.45) is 0. The van der Waals surface area contributed by atoms with Gasteiger partial charge < -0.3 is 18.6 Å². The van der Waals surface area contributed by atoms with E-state index in [1.807, 2.05) is 0 Å². The zero-order chi connectivity index (χ0) is 30.9. The van der Waals surface area contributed by atoms with E-state index in [4.69, 9.17) is 0 Å². The lowest BCUT2D eigenvalue weighted by molar-refractivity contribution is 0.827. The van der Waals surface area contributed by atoms with Crippen molar-refractivity contribution in [2.24, 2.45) is 0 Å². The van der Waals surface area contributed by atoms with Gasteiger partial charge in [0.2, 0.25) is 0 Å².